The number of hydrogen-bond donors (Lipinski definition) is 0. The van der Waals surface area contributed by atoms with Gasteiger partial charge in [-0.25, -0.2) is 9.78 Å². The monoisotopic (exact) mass is 695 g/mol. The van der Waals surface area contributed by atoms with Gasteiger partial charge in [0.25, 0.3) is 5.56 Å². The van der Waals surface area contributed by atoms with Crippen LogP contribution in [-0.4, -0.2) is 43.5 Å². The highest BCUT2D eigenvalue weighted by atomic mass is 35.5. The van der Waals surface area contributed by atoms with Gasteiger partial charge in [-0.05, 0) is 35.4 Å². The van der Waals surface area contributed by atoms with Gasteiger partial charge < -0.3 is 23.8 Å². The quantitative estimate of drug-likeness (QED) is 0.144. The van der Waals surface area contributed by atoms with Crippen LogP contribution in [0.5, 0.6) is 17.2 Å². The molecule has 1 aromatic heterocycles. The molecule has 0 saturated carbocycles. The Kier molecular flexibility index (Phi) is 17.3. The predicted octanol–water partition coefficient (Wildman–Crippen LogP) is 8.84. The summed E-state index contributed by atoms with van der Waals surface area (Å²) >= 11 is 12.6. The molecule has 0 unspecified atom stereocenters. The van der Waals surface area contributed by atoms with Gasteiger partial charge in [0.1, 0.15) is 23.6 Å². The Morgan fingerprint density at radius 2 is 1.28 bits per heavy atom. The van der Waals surface area contributed by atoms with Crippen molar-refractivity contribution < 1.29 is 32.5 Å². The molecule has 0 N–H and O–H groups in total. The van der Waals surface area contributed by atoms with E-state index in [0.29, 0.717) is 11.5 Å². The number of rotatable bonds is 11. The zero-order valence-electron chi connectivity index (χ0n) is 26.6. The van der Waals surface area contributed by atoms with E-state index in [4.69, 9.17) is 37.4 Å². The Morgan fingerprint density at radius 1 is 0.830 bits per heavy atom. The Balaban J connectivity index is 0.00000213. The molecule has 47 heavy (non-hydrogen) atoms. The van der Waals surface area contributed by atoms with Crippen LogP contribution in [0.2, 0.25) is 10.0 Å². The second-order valence-corrected chi connectivity index (χ2v) is 9.59. The summed E-state index contributed by atoms with van der Waals surface area (Å²) in [5.41, 5.74) is 0.374. The third kappa shape index (κ3) is 10.6. The fourth-order valence-electron chi connectivity index (χ4n) is 4.18. The van der Waals surface area contributed by atoms with Crippen molar-refractivity contribution in [2.45, 2.75) is 54.8 Å². The third-order valence-electron chi connectivity index (χ3n) is 6.16. The topological polar surface area (TPSA) is 92.1 Å². The smallest absolute Gasteiger partial charge is 0.387 e. The molecular weight excluding hydrogens is 655 g/mol. The summed E-state index contributed by atoms with van der Waals surface area (Å²) < 4.78 is 46.2. The van der Waals surface area contributed by atoms with Crippen molar-refractivity contribution in [3.05, 3.63) is 104 Å². The molecule has 0 aliphatic heterocycles. The van der Waals surface area contributed by atoms with Gasteiger partial charge in [0, 0.05) is 25.2 Å². The summed E-state index contributed by atoms with van der Waals surface area (Å²) in [6.45, 7) is 5.38. The van der Waals surface area contributed by atoms with Crippen LogP contribution in [0, 0.1) is 0 Å². The Hall–Kier alpha value is -4.35. The zero-order valence-corrected chi connectivity index (χ0v) is 28.2. The molecule has 0 saturated heterocycles. The van der Waals surface area contributed by atoms with Gasteiger partial charge in [0.2, 0.25) is 0 Å². The van der Waals surface area contributed by atoms with Crippen molar-refractivity contribution in [3.8, 4) is 22.9 Å². The van der Waals surface area contributed by atoms with Crippen LogP contribution in [0.25, 0.3) is 5.69 Å². The molecule has 4 rings (SSSR count). The molecule has 0 amide bonds. The van der Waals surface area contributed by atoms with Crippen LogP contribution >= 0.6 is 23.2 Å². The number of aromatic nitrogens is 2. The second-order valence-electron chi connectivity index (χ2n) is 8.78. The van der Waals surface area contributed by atoms with Crippen molar-refractivity contribution in [2.75, 3.05) is 26.2 Å². The normalized spacial score (nSPS) is 9.96. The van der Waals surface area contributed by atoms with Gasteiger partial charge in [0.15, 0.2) is 11.4 Å². The van der Waals surface area contributed by atoms with Gasteiger partial charge >= 0.3 is 12.6 Å². The van der Waals surface area contributed by atoms with Crippen molar-refractivity contribution in [2.24, 2.45) is 0 Å². The van der Waals surface area contributed by atoms with Crippen LogP contribution in [0.1, 0.15) is 56.6 Å². The number of methoxy groups -OCH3 is 3. The zero-order chi connectivity index (χ0) is 34.4. The number of benzene rings is 3. The van der Waals surface area contributed by atoms with Crippen LogP contribution in [-0.2, 0) is 17.8 Å². The largest absolute Gasteiger partial charge is 0.497 e. The number of carbonyl (C=O) groups excluding carboxylic acids is 1. The van der Waals surface area contributed by atoms with Gasteiger partial charge in [-0.3, -0.25) is 9.36 Å². The van der Waals surface area contributed by atoms with Crippen LogP contribution in [0.15, 0.2) is 71.8 Å². The molecule has 0 atom stereocenters. The SMILES string of the molecule is C.CC.CC.COC(=O)c1c(N(Cc2ccc(OC)cc2)Cc2ccc(OC)cc2)ncn(-c2c(Cl)cc(OC(F)F)cc2Cl)c1=O. The Bertz CT molecular complexity index is 1550. The Labute approximate surface area is 284 Å². The summed E-state index contributed by atoms with van der Waals surface area (Å²) in [6, 6.07) is 16.7. The van der Waals surface area contributed by atoms with E-state index in [1.54, 1.807) is 43.4 Å². The number of anilines is 1. The van der Waals surface area contributed by atoms with Crippen LogP contribution in [0.4, 0.5) is 14.6 Å². The number of halogens is 4. The molecule has 0 aliphatic carbocycles. The molecule has 0 aliphatic rings. The number of nitrogens with zero attached hydrogens (tertiary/aromatic N) is 3. The molecule has 1 heterocycles. The summed E-state index contributed by atoms with van der Waals surface area (Å²) in [4.78, 5) is 33.1. The highest BCUT2D eigenvalue weighted by molar-refractivity contribution is 6.38. The fraction of sp³-hybridized carbons (Fsp3) is 0.324. The minimum absolute atomic E-state index is 0. The average molecular weight is 697 g/mol. The summed E-state index contributed by atoms with van der Waals surface area (Å²) in [5.74, 6) is 0.112. The molecule has 13 heteroatoms. The summed E-state index contributed by atoms with van der Waals surface area (Å²) in [6.07, 6.45) is 1.15. The molecular formula is C34H41Cl2F2N3O6. The maximum Gasteiger partial charge on any atom is 0.387 e. The lowest BCUT2D eigenvalue weighted by Crippen LogP contribution is -2.33. The molecule has 0 spiro atoms. The van der Waals surface area contributed by atoms with E-state index in [9.17, 15) is 18.4 Å². The first-order chi connectivity index (χ1) is 22.1. The summed E-state index contributed by atoms with van der Waals surface area (Å²) in [7, 11) is 4.26. The number of ether oxygens (including phenoxy) is 4. The standard InChI is InChI=1S/C29H25Cl2F2N3O6.2C2H6.CH4/c1-39-19-8-4-17(5-9-19)14-35(15-18-6-10-20(40-2)11-7-18)26-24(28(38)41-3)27(37)36(16-34-26)25-22(30)12-21(13-23(25)31)42-29(32)33;2*1-2;/h4-13,16,29H,14-15H2,1-3H3;2*1-2H3;1H4. The molecule has 0 radical (unpaired) electrons. The van der Waals surface area contributed by atoms with Gasteiger partial charge in [-0.2, -0.15) is 8.78 Å². The van der Waals surface area contributed by atoms with Crippen molar-refractivity contribution in [1.29, 1.82) is 0 Å². The van der Waals surface area contributed by atoms with E-state index in [0.717, 1.165) is 41.3 Å². The number of esters is 1. The minimum atomic E-state index is -3.11. The van der Waals surface area contributed by atoms with Gasteiger partial charge in [-0.15, -0.1) is 0 Å². The number of carbonyl (C=O) groups is 1. The first-order valence-corrected chi connectivity index (χ1v) is 15.1. The highest BCUT2D eigenvalue weighted by Gasteiger charge is 2.27. The summed E-state index contributed by atoms with van der Waals surface area (Å²) in [5, 5.41) is -0.363. The van der Waals surface area contributed by atoms with Crippen molar-refractivity contribution in [1.82, 2.24) is 9.55 Å². The molecule has 256 valence electrons. The molecule has 0 fully saturated rings. The third-order valence-corrected chi connectivity index (χ3v) is 6.74. The lowest BCUT2D eigenvalue weighted by Gasteiger charge is -2.26. The van der Waals surface area contributed by atoms with E-state index >= 15 is 0 Å². The van der Waals surface area contributed by atoms with Crippen molar-refractivity contribution in [3.63, 3.8) is 0 Å². The average Bonchev–Trinajstić information content (AvgIpc) is 3.06. The molecule has 9 nitrogen and oxygen atoms in total. The van der Waals surface area contributed by atoms with Gasteiger partial charge in [0.05, 0.1) is 37.1 Å². The van der Waals surface area contributed by atoms with E-state index < -0.39 is 18.1 Å². The first-order valence-electron chi connectivity index (χ1n) is 14.3. The molecule has 0 bridgehead atoms. The fourth-order valence-corrected chi connectivity index (χ4v) is 4.83. The molecule has 3 aromatic carbocycles. The maximum atomic E-state index is 13.8. The minimum Gasteiger partial charge on any atom is -0.497 e. The maximum absolute atomic E-state index is 13.8. The van der Waals surface area contributed by atoms with E-state index in [2.05, 4.69) is 9.72 Å². The van der Waals surface area contributed by atoms with Crippen molar-refractivity contribution >= 4 is 35.0 Å². The van der Waals surface area contributed by atoms with E-state index in [-0.39, 0.29) is 53.4 Å². The lowest BCUT2D eigenvalue weighted by molar-refractivity contribution is -0.0498. The first kappa shape index (κ1) is 40.7. The van der Waals surface area contributed by atoms with Crippen LogP contribution < -0.4 is 24.7 Å². The number of hydrogen-bond acceptors (Lipinski definition) is 8. The van der Waals surface area contributed by atoms with Gasteiger partial charge in [-0.1, -0.05) is 82.6 Å². The number of alkyl halides is 2. The predicted molar refractivity (Wildman–Crippen MR) is 183 cm³/mol. The lowest BCUT2D eigenvalue weighted by atomic mass is 10.1. The second kappa shape index (κ2) is 20.0. The van der Waals surface area contributed by atoms with E-state index in [1.165, 1.54) is 0 Å². The molecule has 4 aromatic rings. The Morgan fingerprint density at radius 3 is 1.66 bits per heavy atom. The van der Waals surface area contributed by atoms with E-state index in [1.807, 2.05) is 52.0 Å². The van der Waals surface area contributed by atoms with Crippen LogP contribution in [0.3, 0.4) is 0 Å². The highest BCUT2D eigenvalue weighted by Crippen LogP contribution is 2.34.